The van der Waals surface area contributed by atoms with E-state index in [1.807, 2.05) is 13.1 Å². The summed E-state index contributed by atoms with van der Waals surface area (Å²) in [6.07, 6.45) is 0.138. The van der Waals surface area contributed by atoms with Gasteiger partial charge < -0.3 is 20.1 Å². The van der Waals surface area contributed by atoms with Gasteiger partial charge in [-0.15, -0.1) is 0 Å². The van der Waals surface area contributed by atoms with E-state index in [4.69, 9.17) is 9.47 Å². The van der Waals surface area contributed by atoms with E-state index in [1.165, 1.54) is 5.56 Å². The summed E-state index contributed by atoms with van der Waals surface area (Å²) in [5.41, 5.74) is 2.39. The summed E-state index contributed by atoms with van der Waals surface area (Å²) in [5, 5.41) is 6.71. The van der Waals surface area contributed by atoms with Crippen molar-refractivity contribution in [3.8, 4) is 5.75 Å². The van der Waals surface area contributed by atoms with Crippen LogP contribution in [-0.2, 0) is 4.74 Å². The molecule has 1 heterocycles. The third-order valence-electron chi connectivity index (χ3n) is 3.36. The zero-order valence-corrected chi connectivity index (χ0v) is 11.3. The summed E-state index contributed by atoms with van der Waals surface area (Å²) >= 11 is 0. The molecular weight excluding hydrogens is 228 g/mol. The van der Waals surface area contributed by atoms with Crippen LogP contribution in [0.4, 0.5) is 0 Å². The van der Waals surface area contributed by atoms with E-state index < -0.39 is 0 Å². The van der Waals surface area contributed by atoms with Gasteiger partial charge in [-0.2, -0.15) is 0 Å². The highest BCUT2D eigenvalue weighted by Gasteiger charge is 2.26. The van der Waals surface area contributed by atoms with Crippen LogP contribution in [0.3, 0.4) is 0 Å². The van der Waals surface area contributed by atoms with Crippen LogP contribution in [0.25, 0.3) is 0 Å². The average Bonchev–Trinajstić information content (AvgIpc) is 2.41. The van der Waals surface area contributed by atoms with Crippen LogP contribution in [0.5, 0.6) is 5.75 Å². The first kappa shape index (κ1) is 13.3. The molecule has 2 rings (SSSR count). The summed E-state index contributed by atoms with van der Waals surface area (Å²) in [5.74, 6) is 0.911. The first-order chi connectivity index (χ1) is 8.76. The maximum Gasteiger partial charge on any atom is 0.123 e. The fourth-order valence-electron chi connectivity index (χ4n) is 2.44. The quantitative estimate of drug-likeness (QED) is 0.844. The van der Waals surface area contributed by atoms with Crippen molar-refractivity contribution in [3.05, 3.63) is 29.3 Å². The molecule has 0 saturated carbocycles. The number of ether oxygens (including phenoxy) is 2. The van der Waals surface area contributed by atoms with Gasteiger partial charge in [-0.25, -0.2) is 0 Å². The Hall–Kier alpha value is -1.10. The van der Waals surface area contributed by atoms with Crippen LogP contribution in [0.2, 0.25) is 0 Å². The largest absolute Gasteiger partial charge is 0.496 e. The molecule has 0 amide bonds. The molecule has 1 aliphatic rings. The Kier molecular flexibility index (Phi) is 4.58. The van der Waals surface area contributed by atoms with Crippen molar-refractivity contribution in [2.45, 2.75) is 19.1 Å². The second kappa shape index (κ2) is 6.18. The van der Waals surface area contributed by atoms with Crippen LogP contribution < -0.4 is 15.4 Å². The number of rotatable bonds is 4. The highest BCUT2D eigenvalue weighted by molar-refractivity contribution is 5.39. The van der Waals surface area contributed by atoms with Gasteiger partial charge in [0.05, 0.1) is 25.9 Å². The number of nitrogens with one attached hydrogen (secondary N) is 2. The molecule has 1 aliphatic heterocycles. The minimum atomic E-state index is 0.138. The zero-order chi connectivity index (χ0) is 13.0. The maximum atomic E-state index is 5.84. The molecule has 1 fully saturated rings. The molecular formula is C14H22N2O2. The summed E-state index contributed by atoms with van der Waals surface area (Å²) < 4.78 is 11.3. The van der Waals surface area contributed by atoms with Gasteiger partial charge in [0.15, 0.2) is 0 Å². The Labute approximate surface area is 109 Å². The van der Waals surface area contributed by atoms with Crippen molar-refractivity contribution < 1.29 is 9.47 Å². The highest BCUT2D eigenvalue weighted by atomic mass is 16.5. The second-order valence-electron chi connectivity index (χ2n) is 4.63. The second-order valence-corrected chi connectivity index (χ2v) is 4.63. The Morgan fingerprint density at radius 2 is 2.33 bits per heavy atom. The Morgan fingerprint density at radius 3 is 2.94 bits per heavy atom. The van der Waals surface area contributed by atoms with E-state index in [0.29, 0.717) is 0 Å². The van der Waals surface area contributed by atoms with Gasteiger partial charge in [0, 0.05) is 18.7 Å². The first-order valence-electron chi connectivity index (χ1n) is 6.40. The van der Waals surface area contributed by atoms with E-state index in [-0.39, 0.29) is 12.1 Å². The minimum Gasteiger partial charge on any atom is -0.496 e. The van der Waals surface area contributed by atoms with Crippen molar-refractivity contribution in [2.75, 3.05) is 33.9 Å². The fraction of sp³-hybridized carbons (Fsp3) is 0.571. The van der Waals surface area contributed by atoms with E-state index in [1.54, 1.807) is 7.11 Å². The minimum absolute atomic E-state index is 0.138. The van der Waals surface area contributed by atoms with Crippen molar-refractivity contribution in [2.24, 2.45) is 0 Å². The average molecular weight is 250 g/mol. The number of hydrogen-bond acceptors (Lipinski definition) is 4. The fourth-order valence-corrected chi connectivity index (χ4v) is 2.44. The number of morpholine rings is 1. The van der Waals surface area contributed by atoms with Gasteiger partial charge in [0.1, 0.15) is 5.75 Å². The predicted octanol–water partition coefficient (Wildman–Crippen LogP) is 1.25. The molecule has 2 N–H and O–H groups in total. The molecule has 1 saturated heterocycles. The molecule has 0 bridgehead atoms. The SMILES string of the molecule is CNC(c1cc(C)ccc1OC)C1CNCCO1. The standard InChI is InChI=1S/C14H22N2O2/c1-10-4-5-12(17-3)11(8-10)14(15-2)13-9-16-6-7-18-13/h4-5,8,13-16H,6-7,9H2,1-3H3. The summed E-state index contributed by atoms with van der Waals surface area (Å²) in [6.45, 7) is 4.65. The lowest BCUT2D eigenvalue weighted by Crippen LogP contribution is -2.45. The third-order valence-corrected chi connectivity index (χ3v) is 3.36. The molecule has 4 nitrogen and oxygen atoms in total. The molecule has 18 heavy (non-hydrogen) atoms. The van der Waals surface area contributed by atoms with Crippen LogP contribution in [-0.4, -0.2) is 40.0 Å². The van der Waals surface area contributed by atoms with Crippen LogP contribution in [0.1, 0.15) is 17.2 Å². The van der Waals surface area contributed by atoms with Crippen molar-refractivity contribution in [1.82, 2.24) is 10.6 Å². The number of aryl methyl sites for hydroxylation is 1. The Balaban J connectivity index is 2.27. The smallest absolute Gasteiger partial charge is 0.123 e. The van der Waals surface area contributed by atoms with Crippen LogP contribution in [0.15, 0.2) is 18.2 Å². The van der Waals surface area contributed by atoms with Gasteiger partial charge >= 0.3 is 0 Å². The molecule has 0 spiro atoms. The Morgan fingerprint density at radius 1 is 1.50 bits per heavy atom. The van der Waals surface area contributed by atoms with Crippen molar-refractivity contribution in [3.63, 3.8) is 0 Å². The molecule has 0 radical (unpaired) electrons. The van der Waals surface area contributed by atoms with Gasteiger partial charge in [0.2, 0.25) is 0 Å². The number of likely N-dealkylation sites (N-methyl/N-ethyl adjacent to an activating group) is 1. The molecule has 4 heteroatoms. The van der Waals surface area contributed by atoms with E-state index in [0.717, 1.165) is 31.0 Å². The van der Waals surface area contributed by atoms with E-state index in [9.17, 15) is 0 Å². The summed E-state index contributed by atoms with van der Waals surface area (Å²) in [6, 6.07) is 6.39. The first-order valence-corrected chi connectivity index (χ1v) is 6.40. The van der Waals surface area contributed by atoms with Crippen LogP contribution >= 0.6 is 0 Å². The maximum absolute atomic E-state index is 5.84. The summed E-state index contributed by atoms with van der Waals surface area (Å²) in [7, 11) is 3.67. The summed E-state index contributed by atoms with van der Waals surface area (Å²) in [4.78, 5) is 0. The topological polar surface area (TPSA) is 42.5 Å². The molecule has 0 aromatic heterocycles. The van der Waals surface area contributed by atoms with E-state index in [2.05, 4.69) is 29.7 Å². The number of methoxy groups -OCH3 is 1. The lowest BCUT2D eigenvalue weighted by atomic mass is 9.98. The van der Waals surface area contributed by atoms with Crippen molar-refractivity contribution in [1.29, 1.82) is 0 Å². The number of benzene rings is 1. The highest BCUT2D eigenvalue weighted by Crippen LogP contribution is 2.29. The molecule has 100 valence electrons. The molecule has 0 aliphatic carbocycles. The molecule has 2 atom stereocenters. The molecule has 2 unspecified atom stereocenters. The monoisotopic (exact) mass is 250 g/mol. The van der Waals surface area contributed by atoms with Crippen molar-refractivity contribution >= 4 is 0 Å². The van der Waals surface area contributed by atoms with E-state index >= 15 is 0 Å². The van der Waals surface area contributed by atoms with Crippen LogP contribution in [0, 0.1) is 6.92 Å². The third kappa shape index (κ3) is 2.83. The lowest BCUT2D eigenvalue weighted by molar-refractivity contribution is 0.00490. The Bertz CT molecular complexity index is 389. The number of hydrogen-bond donors (Lipinski definition) is 2. The normalized spacial score (nSPS) is 21.6. The predicted molar refractivity (Wildman–Crippen MR) is 72.1 cm³/mol. The van der Waals surface area contributed by atoms with Gasteiger partial charge in [-0.3, -0.25) is 0 Å². The van der Waals surface area contributed by atoms with Gasteiger partial charge in [-0.1, -0.05) is 17.7 Å². The van der Waals surface area contributed by atoms with Gasteiger partial charge in [-0.05, 0) is 20.0 Å². The molecule has 1 aromatic rings. The molecule has 1 aromatic carbocycles. The lowest BCUT2D eigenvalue weighted by Gasteiger charge is -2.32. The zero-order valence-electron chi connectivity index (χ0n) is 11.3. The van der Waals surface area contributed by atoms with Gasteiger partial charge in [0.25, 0.3) is 0 Å².